The van der Waals surface area contributed by atoms with Crippen LogP contribution in [0.5, 0.6) is 0 Å². The molecule has 0 aliphatic rings. The maximum Gasteiger partial charge on any atom is 0.638 e. The molecular formula is C18H52O7Si7. The van der Waals surface area contributed by atoms with Gasteiger partial charge in [0.1, 0.15) is 0 Å². The summed E-state index contributed by atoms with van der Waals surface area (Å²) < 4.78 is 46.1. The molecule has 0 atom stereocenters. The predicted octanol–water partition coefficient (Wildman–Crippen LogP) is 6.56. The average Bonchev–Trinajstić information content (AvgIpc) is 2.22. The number of hydrogen-bond donors (Lipinski definition) is 0. The van der Waals surface area contributed by atoms with Crippen molar-refractivity contribution in [3.63, 3.8) is 0 Å². The zero-order valence-electron chi connectivity index (χ0n) is 23.9. The van der Waals surface area contributed by atoms with Gasteiger partial charge in [0.2, 0.25) is 0 Å². The molecular weight excluding hydrogens is 525 g/mol. The van der Waals surface area contributed by atoms with Crippen LogP contribution in [0.4, 0.5) is 0 Å². The fraction of sp³-hybridized carbons (Fsp3) is 1.00. The van der Waals surface area contributed by atoms with E-state index in [0.717, 1.165) is 0 Å². The molecule has 0 aromatic heterocycles. The standard InChI is InChI=1S/C18H52O7Si7/c1-18(2)19-29(12,13)23-30(14,15)24-31(16,17)25-32(20-26(3,4)5,21-27(6,7)8)22-28(9,10)11/h18H,1-17H3. The highest BCUT2D eigenvalue weighted by Crippen LogP contribution is 2.31. The highest BCUT2D eigenvalue weighted by molar-refractivity contribution is 6.92. The van der Waals surface area contributed by atoms with Crippen LogP contribution in [0.3, 0.4) is 0 Å². The van der Waals surface area contributed by atoms with E-state index >= 15 is 0 Å². The van der Waals surface area contributed by atoms with Gasteiger partial charge in [0.05, 0.1) is 0 Å². The summed E-state index contributed by atoms with van der Waals surface area (Å²) in [5.41, 5.74) is 0. The normalized spacial score (nSPS) is 15.6. The first-order valence-corrected chi connectivity index (χ1v) is 31.9. The molecule has 32 heavy (non-hydrogen) atoms. The lowest BCUT2D eigenvalue weighted by atomic mass is 10.5. The first kappa shape index (κ1) is 33.2. The summed E-state index contributed by atoms with van der Waals surface area (Å²) in [7, 11) is -17.2. The number of rotatable bonds is 14. The molecule has 7 nitrogen and oxygen atoms in total. The third-order valence-electron chi connectivity index (χ3n) is 3.17. The second-order valence-corrected chi connectivity index (χ2v) is 40.0. The first-order chi connectivity index (χ1) is 13.7. The molecule has 0 N–H and O–H groups in total. The molecule has 14 heteroatoms. The molecule has 0 unspecified atom stereocenters. The Kier molecular flexibility index (Phi) is 11.5. The number of hydrogen-bond acceptors (Lipinski definition) is 7. The largest absolute Gasteiger partial charge is 0.638 e. The van der Waals surface area contributed by atoms with Crippen LogP contribution in [-0.4, -0.2) is 65.8 Å². The minimum absolute atomic E-state index is 0.114. The van der Waals surface area contributed by atoms with Crippen molar-refractivity contribution in [2.75, 3.05) is 0 Å². The molecule has 0 fully saturated rings. The molecule has 0 amide bonds. The zero-order chi connectivity index (χ0) is 26.0. The van der Waals surface area contributed by atoms with Crippen LogP contribution in [0.2, 0.25) is 98.2 Å². The maximum atomic E-state index is 6.81. The van der Waals surface area contributed by atoms with E-state index in [9.17, 15) is 0 Å². The van der Waals surface area contributed by atoms with Crippen LogP contribution in [0.25, 0.3) is 0 Å². The second-order valence-electron chi connectivity index (χ2n) is 12.8. The summed E-state index contributed by atoms with van der Waals surface area (Å²) in [5, 5.41) is 0. The zero-order valence-corrected chi connectivity index (χ0v) is 30.9. The van der Waals surface area contributed by atoms with Crippen molar-refractivity contribution < 1.29 is 29.1 Å². The van der Waals surface area contributed by atoms with E-state index in [1.54, 1.807) is 0 Å². The van der Waals surface area contributed by atoms with Crippen LogP contribution >= 0.6 is 0 Å². The predicted molar refractivity (Wildman–Crippen MR) is 151 cm³/mol. The van der Waals surface area contributed by atoms with Gasteiger partial charge in [0, 0.05) is 6.10 Å². The minimum atomic E-state index is -3.45. The van der Waals surface area contributed by atoms with Crippen molar-refractivity contribution in [2.45, 2.75) is 118 Å². The van der Waals surface area contributed by atoms with Gasteiger partial charge in [-0.2, -0.15) is 0 Å². The summed E-state index contributed by atoms with van der Waals surface area (Å²) in [6.07, 6.45) is 0.114. The molecule has 0 aliphatic carbocycles. The van der Waals surface area contributed by atoms with Crippen molar-refractivity contribution in [2.24, 2.45) is 0 Å². The molecule has 194 valence electrons. The Morgan fingerprint density at radius 2 is 0.656 bits per heavy atom. The third-order valence-corrected chi connectivity index (χ3v) is 25.4. The van der Waals surface area contributed by atoms with Gasteiger partial charge >= 0.3 is 34.7 Å². The van der Waals surface area contributed by atoms with Gasteiger partial charge in [-0.15, -0.1) is 0 Å². The van der Waals surface area contributed by atoms with Gasteiger partial charge in [0.15, 0.2) is 25.0 Å². The minimum Gasteiger partial charge on any atom is -0.416 e. The van der Waals surface area contributed by atoms with E-state index in [0.29, 0.717) is 0 Å². The maximum absolute atomic E-state index is 6.81. The van der Waals surface area contributed by atoms with Gasteiger partial charge in [-0.05, 0) is 112 Å². The lowest BCUT2D eigenvalue weighted by Crippen LogP contribution is -2.67. The molecule has 0 aromatic rings. The Morgan fingerprint density at radius 1 is 0.375 bits per heavy atom. The molecule has 0 bridgehead atoms. The molecule has 0 saturated heterocycles. The van der Waals surface area contributed by atoms with E-state index in [2.05, 4.69) is 85.1 Å². The van der Waals surface area contributed by atoms with Crippen molar-refractivity contribution in [1.82, 2.24) is 0 Å². The monoisotopic (exact) mass is 576 g/mol. The highest BCUT2D eigenvalue weighted by atomic mass is 28.6. The lowest BCUT2D eigenvalue weighted by molar-refractivity contribution is 0.131. The quantitative estimate of drug-likeness (QED) is 0.217. The third kappa shape index (κ3) is 16.0. The van der Waals surface area contributed by atoms with E-state index in [-0.39, 0.29) is 6.10 Å². The highest BCUT2D eigenvalue weighted by Gasteiger charge is 2.58. The fourth-order valence-electron chi connectivity index (χ4n) is 3.37. The van der Waals surface area contributed by atoms with Crippen LogP contribution in [-0.2, 0) is 29.1 Å². The molecule has 0 aromatic carbocycles. The topological polar surface area (TPSA) is 64.6 Å². The summed E-state index contributed by atoms with van der Waals surface area (Å²) in [5.74, 6) is 0. The summed E-state index contributed by atoms with van der Waals surface area (Å²) >= 11 is 0. The second kappa shape index (κ2) is 11.1. The summed E-state index contributed by atoms with van der Waals surface area (Å²) in [4.78, 5) is 0. The fourth-order valence-corrected chi connectivity index (χ4v) is 29.9. The van der Waals surface area contributed by atoms with E-state index in [1.165, 1.54) is 0 Å². The molecule has 0 spiro atoms. The molecule has 0 rings (SSSR count). The SMILES string of the molecule is CC(C)O[Si](C)(C)O[Si](C)(C)O[Si](C)(C)O[Si](O[Si](C)(C)C)(O[Si](C)(C)C)O[Si](C)(C)C. The van der Waals surface area contributed by atoms with Gasteiger partial charge in [0.25, 0.3) is 0 Å². The molecule has 0 heterocycles. The summed E-state index contributed by atoms with van der Waals surface area (Å²) in [6.45, 7) is 35.7. The summed E-state index contributed by atoms with van der Waals surface area (Å²) in [6, 6.07) is 0. The van der Waals surface area contributed by atoms with Crippen molar-refractivity contribution >= 4 is 59.7 Å². The van der Waals surface area contributed by atoms with Crippen molar-refractivity contribution in [1.29, 1.82) is 0 Å². The van der Waals surface area contributed by atoms with Crippen LogP contribution in [0.1, 0.15) is 13.8 Å². The van der Waals surface area contributed by atoms with Gasteiger partial charge in [-0.3, -0.25) is 0 Å². The lowest BCUT2D eigenvalue weighted by Gasteiger charge is -2.45. The van der Waals surface area contributed by atoms with Crippen LogP contribution in [0, 0.1) is 0 Å². The Balaban J connectivity index is 6.01. The van der Waals surface area contributed by atoms with Gasteiger partial charge < -0.3 is 29.1 Å². The van der Waals surface area contributed by atoms with Gasteiger partial charge in [-0.25, -0.2) is 0 Å². The van der Waals surface area contributed by atoms with E-state index < -0.39 is 59.7 Å². The smallest absolute Gasteiger partial charge is 0.416 e. The molecule has 0 saturated carbocycles. The first-order valence-electron chi connectivity index (χ1n) is 11.5. The van der Waals surface area contributed by atoms with Crippen molar-refractivity contribution in [3.05, 3.63) is 0 Å². The average molecular weight is 577 g/mol. The Labute approximate surface area is 206 Å². The van der Waals surface area contributed by atoms with Crippen LogP contribution in [0.15, 0.2) is 0 Å². The molecule has 0 aliphatic heterocycles. The van der Waals surface area contributed by atoms with E-state index in [4.69, 9.17) is 29.1 Å². The van der Waals surface area contributed by atoms with Crippen LogP contribution < -0.4 is 0 Å². The Bertz CT molecular complexity index is 553. The van der Waals surface area contributed by atoms with Crippen molar-refractivity contribution in [3.8, 4) is 0 Å². The van der Waals surface area contributed by atoms with Gasteiger partial charge in [-0.1, -0.05) is 0 Å². The Morgan fingerprint density at radius 3 is 0.938 bits per heavy atom. The van der Waals surface area contributed by atoms with E-state index in [1.807, 2.05) is 26.9 Å². The Hall–Kier alpha value is 1.24. The molecule has 0 radical (unpaired) electrons.